The van der Waals surface area contributed by atoms with Crippen LogP contribution in [0.5, 0.6) is 0 Å². The van der Waals surface area contributed by atoms with E-state index in [1.807, 2.05) is 47.3 Å². The first kappa shape index (κ1) is 9.35. The minimum absolute atomic E-state index is 0.854. The second kappa shape index (κ2) is 3.40. The van der Waals surface area contributed by atoms with E-state index in [-0.39, 0.29) is 0 Å². The molecule has 0 aliphatic rings. The number of benzene rings is 1. The minimum Gasteiger partial charge on any atom is -0.344 e. The van der Waals surface area contributed by atoms with Crippen molar-refractivity contribution in [3.63, 3.8) is 0 Å². The van der Waals surface area contributed by atoms with Crippen LogP contribution < -0.4 is 0 Å². The Hall–Kier alpha value is -2.69. The Balaban J connectivity index is 2.08. The molecule has 5 heteroatoms. The van der Waals surface area contributed by atoms with Crippen LogP contribution in [-0.2, 0) is 0 Å². The van der Waals surface area contributed by atoms with Crippen molar-refractivity contribution in [1.82, 2.24) is 25.0 Å². The zero-order valence-corrected chi connectivity index (χ0v) is 9.41. The molecule has 3 heterocycles. The van der Waals surface area contributed by atoms with Crippen molar-refractivity contribution in [2.24, 2.45) is 0 Å². The molecule has 1 aromatic carbocycles. The van der Waals surface area contributed by atoms with Crippen molar-refractivity contribution in [2.75, 3.05) is 0 Å². The van der Waals surface area contributed by atoms with Gasteiger partial charge in [-0.3, -0.25) is 0 Å². The summed E-state index contributed by atoms with van der Waals surface area (Å²) in [6.45, 7) is 0. The van der Waals surface area contributed by atoms with Crippen molar-refractivity contribution in [1.29, 1.82) is 0 Å². The van der Waals surface area contributed by atoms with Crippen molar-refractivity contribution in [2.45, 2.75) is 0 Å². The molecule has 0 spiro atoms. The highest BCUT2D eigenvalue weighted by Crippen LogP contribution is 2.22. The number of pyridine rings is 1. The number of aromatic amines is 1. The molecular formula is C13H9N5. The highest BCUT2D eigenvalue weighted by atomic mass is 15.4. The lowest BCUT2D eigenvalue weighted by molar-refractivity contribution is 0.828. The minimum atomic E-state index is 0.854. The van der Waals surface area contributed by atoms with Gasteiger partial charge in [-0.05, 0) is 24.3 Å². The van der Waals surface area contributed by atoms with Crippen LogP contribution in [0, 0.1) is 0 Å². The van der Waals surface area contributed by atoms with Gasteiger partial charge in [-0.2, -0.15) is 0 Å². The van der Waals surface area contributed by atoms with Gasteiger partial charge < -0.3 is 4.98 Å². The van der Waals surface area contributed by atoms with Gasteiger partial charge >= 0.3 is 0 Å². The number of nitrogens with zero attached hydrogens (tertiary/aromatic N) is 4. The number of rotatable bonds is 1. The second-order valence-corrected chi connectivity index (χ2v) is 4.06. The number of nitrogens with one attached hydrogen (secondary N) is 1. The Bertz CT molecular complexity index is 770. The molecule has 0 aliphatic carbocycles. The third-order valence-electron chi connectivity index (χ3n) is 3.01. The Morgan fingerprint density at radius 3 is 3.00 bits per heavy atom. The fourth-order valence-electron chi connectivity index (χ4n) is 2.16. The first-order valence-electron chi connectivity index (χ1n) is 5.66. The average Bonchev–Trinajstić information content (AvgIpc) is 3.01. The molecule has 0 amide bonds. The fourth-order valence-corrected chi connectivity index (χ4v) is 2.16. The molecule has 0 radical (unpaired) electrons. The average molecular weight is 235 g/mol. The number of hydrogen-bond acceptors (Lipinski definition) is 3. The summed E-state index contributed by atoms with van der Waals surface area (Å²) in [5.41, 5.74) is 3.69. The summed E-state index contributed by atoms with van der Waals surface area (Å²) in [6, 6.07) is 11.8. The van der Waals surface area contributed by atoms with E-state index < -0.39 is 0 Å². The number of hydrogen-bond donors (Lipinski definition) is 1. The van der Waals surface area contributed by atoms with E-state index in [0.29, 0.717) is 0 Å². The summed E-state index contributed by atoms with van der Waals surface area (Å²) in [5, 5.41) is 9.40. The maximum absolute atomic E-state index is 4.27. The lowest BCUT2D eigenvalue weighted by atomic mass is 10.3. The number of H-pyrrole nitrogens is 1. The Labute approximate surface area is 102 Å². The van der Waals surface area contributed by atoms with Crippen LogP contribution in [-0.4, -0.2) is 25.0 Å². The van der Waals surface area contributed by atoms with Crippen LogP contribution in [0.1, 0.15) is 0 Å². The fraction of sp³-hybridized carbons (Fsp3) is 0. The standard InChI is InChI=1S/C13H9N5/c1-2-6-11-10(5-1)16-17-18(11)12-8-15-13-9(12)4-3-7-14-13/h1-8H,(H,14,15). The summed E-state index contributed by atoms with van der Waals surface area (Å²) in [7, 11) is 0. The third kappa shape index (κ3) is 1.18. The molecule has 0 bridgehead atoms. The molecular weight excluding hydrogens is 226 g/mol. The van der Waals surface area contributed by atoms with E-state index in [1.165, 1.54) is 0 Å². The van der Waals surface area contributed by atoms with Gasteiger partial charge in [0.2, 0.25) is 0 Å². The molecule has 1 N–H and O–H groups in total. The van der Waals surface area contributed by atoms with Gasteiger partial charge in [0.1, 0.15) is 11.2 Å². The first-order valence-corrected chi connectivity index (χ1v) is 5.66. The smallest absolute Gasteiger partial charge is 0.139 e. The predicted molar refractivity (Wildman–Crippen MR) is 68.5 cm³/mol. The second-order valence-electron chi connectivity index (χ2n) is 4.06. The maximum Gasteiger partial charge on any atom is 0.139 e. The summed E-state index contributed by atoms with van der Waals surface area (Å²) in [6.07, 6.45) is 3.67. The maximum atomic E-state index is 4.27. The molecule has 3 aromatic heterocycles. The van der Waals surface area contributed by atoms with Gasteiger partial charge in [0.25, 0.3) is 0 Å². The van der Waals surface area contributed by atoms with E-state index in [1.54, 1.807) is 6.20 Å². The van der Waals surface area contributed by atoms with Gasteiger partial charge in [-0.25, -0.2) is 9.67 Å². The third-order valence-corrected chi connectivity index (χ3v) is 3.01. The highest BCUT2D eigenvalue weighted by molar-refractivity contribution is 5.87. The van der Waals surface area contributed by atoms with Gasteiger partial charge in [-0.1, -0.05) is 17.3 Å². The van der Waals surface area contributed by atoms with E-state index in [4.69, 9.17) is 0 Å². The molecule has 0 saturated carbocycles. The molecule has 0 atom stereocenters. The Morgan fingerprint density at radius 2 is 2.00 bits per heavy atom. The summed E-state index contributed by atoms with van der Waals surface area (Å²) in [4.78, 5) is 7.42. The largest absolute Gasteiger partial charge is 0.344 e. The molecule has 0 saturated heterocycles. The van der Waals surface area contributed by atoms with Crippen molar-refractivity contribution in [3.05, 3.63) is 48.8 Å². The zero-order valence-electron chi connectivity index (χ0n) is 9.41. The van der Waals surface area contributed by atoms with Crippen molar-refractivity contribution < 1.29 is 0 Å². The molecule has 4 aromatic rings. The van der Waals surface area contributed by atoms with Crippen molar-refractivity contribution >= 4 is 22.1 Å². The summed E-state index contributed by atoms with van der Waals surface area (Å²) in [5.74, 6) is 0. The van der Waals surface area contributed by atoms with E-state index in [9.17, 15) is 0 Å². The lowest BCUT2D eigenvalue weighted by Crippen LogP contribution is -1.95. The molecule has 0 unspecified atom stereocenters. The van der Waals surface area contributed by atoms with Crippen LogP contribution >= 0.6 is 0 Å². The van der Waals surface area contributed by atoms with Gasteiger partial charge in [-0.15, -0.1) is 5.10 Å². The van der Waals surface area contributed by atoms with Crippen LogP contribution in [0.3, 0.4) is 0 Å². The van der Waals surface area contributed by atoms with Crippen LogP contribution in [0.15, 0.2) is 48.8 Å². The van der Waals surface area contributed by atoms with Gasteiger partial charge in [0.05, 0.1) is 11.2 Å². The predicted octanol–water partition coefficient (Wildman–Crippen LogP) is 2.30. The molecule has 86 valence electrons. The Kier molecular flexibility index (Phi) is 1.77. The topological polar surface area (TPSA) is 59.4 Å². The molecule has 5 nitrogen and oxygen atoms in total. The molecule has 18 heavy (non-hydrogen) atoms. The number of fused-ring (bicyclic) bond motifs is 2. The van der Waals surface area contributed by atoms with E-state index in [0.717, 1.165) is 27.8 Å². The highest BCUT2D eigenvalue weighted by Gasteiger charge is 2.10. The summed E-state index contributed by atoms with van der Waals surface area (Å²) >= 11 is 0. The molecule has 4 rings (SSSR count). The van der Waals surface area contributed by atoms with E-state index in [2.05, 4.69) is 20.3 Å². The van der Waals surface area contributed by atoms with Gasteiger partial charge in [0, 0.05) is 17.8 Å². The normalized spacial score (nSPS) is 11.3. The van der Waals surface area contributed by atoms with Crippen LogP contribution in [0.2, 0.25) is 0 Å². The lowest BCUT2D eigenvalue weighted by Gasteiger charge is -1.99. The first-order chi connectivity index (χ1) is 8.93. The van der Waals surface area contributed by atoms with Crippen molar-refractivity contribution in [3.8, 4) is 5.69 Å². The quantitative estimate of drug-likeness (QED) is 0.550. The van der Waals surface area contributed by atoms with Crippen LogP contribution in [0.25, 0.3) is 27.8 Å². The monoisotopic (exact) mass is 235 g/mol. The molecule has 0 aliphatic heterocycles. The van der Waals surface area contributed by atoms with Crippen LogP contribution in [0.4, 0.5) is 0 Å². The number of para-hydroxylation sites is 1. The summed E-state index contributed by atoms with van der Waals surface area (Å²) < 4.78 is 1.83. The van der Waals surface area contributed by atoms with Gasteiger partial charge in [0.15, 0.2) is 0 Å². The SMILES string of the molecule is c1ccc2c(c1)nnn2-c1c[nH]c2ncccc12. The molecule has 0 fully saturated rings. The number of aromatic nitrogens is 5. The zero-order chi connectivity index (χ0) is 11.9. The Morgan fingerprint density at radius 1 is 1.06 bits per heavy atom. The van der Waals surface area contributed by atoms with E-state index >= 15 is 0 Å².